The van der Waals surface area contributed by atoms with Gasteiger partial charge in [-0.15, -0.1) is 5.10 Å². The summed E-state index contributed by atoms with van der Waals surface area (Å²) < 4.78 is 6.77. The number of aromatic nitrogens is 3. The first kappa shape index (κ1) is 12.7. The summed E-state index contributed by atoms with van der Waals surface area (Å²) in [4.78, 5) is 4.36. The number of nitrogens with one attached hydrogen (secondary N) is 1. The Morgan fingerprint density at radius 1 is 1.20 bits per heavy atom. The SMILES string of the molecule is COc1ccc(CNc2nc3ccc(Cl)cn3n2)cc1. The van der Waals surface area contributed by atoms with E-state index in [4.69, 9.17) is 16.3 Å². The second kappa shape index (κ2) is 5.38. The fourth-order valence-corrected chi connectivity index (χ4v) is 2.01. The van der Waals surface area contributed by atoms with Crippen molar-refractivity contribution < 1.29 is 4.74 Å². The molecule has 1 N–H and O–H groups in total. The van der Waals surface area contributed by atoms with E-state index in [1.54, 1.807) is 23.9 Å². The lowest BCUT2D eigenvalue weighted by Crippen LogP contribution is -2.01. The molecule has 0 amide bonds. The lowest BCUT2D eigenvalue weighted by atomic mass is 10.2. The molecule has 6 heteroatoms. The Bertz CT molecular complexity index is 724. The van der Waals surface area contributed by atoms with Crippen LogP contribution in [-0.4, -0.2) is 21.7 Å². The quantitative estimate of drug-likeness (QED) is 0.802. The van der Waals surface area contributed by atoms with Gasteiger partial charge in [0, 0.05) is 12.7 Å². The predicted octanol–water partition coefficient (Wildman–Crippen LogP) is 3.00. The molecule has 0 fully saturated rings. The zero-order valence-electron chi connectivity index (χ0n) is 10.9. The van der Waals surface area contributed by atoms with E-state index in [2.05, 4.69) is 15.4 Å². The fraction of sp³-hybridized carbons (Fsp3) is 0.143. The van der Waals surface area contributed by atoms with Gasteiger partial charge in [-0.25, -0.2) is 4.52 Å². The molecule has 0 spiro atoms. The topological polar surface area (TPSA) is 51.5 Å². The van der Waals surface area contributed by atoms with Gasteiger partial charge in [0.25, 0.3) is 0 Å². The van der Waals surface area contributed by atoms with Crippen molar-refractivity contribution in [3.05, 3.63) is 53.2 Å². The van der Waals surface area contributed by atoms with Crippen molar-refractivity contribution in [2.75, 3.05) is 12.4 Å². The number of hydrogen-bond donors (Lipinski definition) is 1. The molecule has 0 bridgehead atoms. The summed E-state index contributed by atoms with van der Waals surface area (Å²) in [7, 11) is 1.65. The Morgan fingerprint density at radius 3 is 2.75 bits per heavy atom. The molecule has 3 aromatic rings. The van der Waals surface area contributed by atoms with Gasteiger partial charge >= 0.3 is 0 Å². The Balaban J connectivity index is 1.72. The number of hydrogen-bond acceptors (Lipinski definition) is 4. The minimum atomic E-state index is 0.572. The van der Waals surface area contributed by atoms with Crippen molar-refractivity contribution in [1.29, 1.82) is 0 Å². The maximum absolute atomic E-state index is 5.91. The summed E-state index contributed by atoms with van der Waals surface area (Å²) in [6.45, 7) is 0.647. The lowest BCUT2D eigenvalue weighted by molar-refractivity contribution is 0.414. The third-order valence-electron chi connectivity index (χ3n) is 2.90. The summed E-state index contributed by atoms with van der Waals surface area (Å²) in [5, 5.41) is 8.12. The maximum Gasteiger partial charge on any atom is 0.243 e. The molecule has 102 valence electrons. The predicted molar refractivity (Wildman–Crippen MR) is 78.3 cm³/mol. The van der Waals surface area contributed by atoms with E-state index in [1.807, 2.05) is 30.3 Å². The summed E-state index contributed by atoms with van der Waals surface area (Å²) >= 11 is 5.91. The summed E-state index contributed by atoms with van der Waals surface area (Å²) in [6.07, 6.45) is 1.72. The van der Waals surface area contributed by atoms with Crippen molar-refractivity contribution in [3.63, 3.8) is 0 Å². The average molecular weight is 289 g/mol. The highest BCUT2D eigenvalue weighted by molar-refractivity contribution is 6.30. The molecule has 3 rings (SSSR count). The second-order valence-corrected chi connectivity index (χ2v) is 4.72. The maximum atomic E-state index is 5.91. The number of methoxy groups -OCH3 is 1. The highest BCUT2D eigenvalue weighted by Gasteiger charge is 2.03. The summed E-state index contributed by atoms with van der Waals surface area (Å²) in [5.74, 6) is 1.41. The van der Waals surface area contributed by atoms with Crippen LogP contribution in [0.15, 0.2) is 42.6 Å². The smallest absolute Gasteiger partial charge is 0.243 e. The average Bonchev–Trinajstić information content (AvgIpc) is 2.87. The number of rotatable bonds is 4. The molecule has 1 aromatic carbocycles. The van der Waals surface area contributed by atoms with Crippen LogP contribution in [0.3, 0.4) is 0 Å². The number of benzene rings is 1. The van der Waals surface area contributed by atoms with Crippen LogP contribution < -0.4 is 10.1 Å². The molecule has 0 unspecified atom stereocenters. The highest BCUT2D eigenvalue weighted by Crippen LogP contribution is 2.14. The van der Waals surface area contributed by atoms with Crippen molar-refractivity contribution in [1.82, 2.24) is 14.6 Å². The van der Waals surface area contributed by atoms with Gasteiger partial charge in [-0.2, -0.15) is 4.98 Å². The van der Waals surface area contributed by atoms with E-state index >= 15 is 0 Å². The number of pyridine rings is 1. The zero-order valence-corrected chi connectivity index (χ0v) is 11.6. The molecule has 0 radical (unpaired) electrons. The fourth-order valence-electron chi connectivity index (χ4n) is 1.86. The van der Waals surface area contributed by atoms with Gasteiger partial charge in [0.2, 0.25) is 5.95 Å². The Labute approximate surface area is 121 Å². The molecule has 0 aliphatic rings. The second-order valence-electron chi connectivity index (χ2n) is 4.29. The number of ether oxygens (including phenoxy) is 1. The van der Waals surface area contributed by atoms with Gasteiger partial charge in [0.1, 0.15) is 5.75 Å². The number of fused-ring (bicyclic) bond motifs is 1. The molecule has 0 saturated carbocycles. The van der Waals surface area contributed by atoms with Gasteiger partial charge in [-0.3, -0.25) is 0 Å². The number of nitrogens with zero attached hydrogens (tertiary/aromatic N) is 3. The third kappa shape index (κ3) is 2.67. The van der Waals surface area contributed by atoms with Crippen molar-refractivity contribution >= 4 is 23.2 Å². The minimum Gasteiger partial charge on any atom is -0.497 e. The van der Waals surface area contributed by atoms with Crippen molar-refractivity contribution in [3.8, 4) is 5.75 Å². The molecule has 0 aliphatic heterocycles. The van der Waals surface area contributed by atoms with Crippen LogP contribution in [0.2, 0.25) is 5.02 Å². The lowest BCUT2D eigenvalue weighted by Gasteiger charge is -2.03. The van der Waals surface area contributed by atoms with Crippen LogP contribution in [0.25, 0.3) is 5.65 Å². The monoisotopic (exact) mass is 288 g/mol. The van der Waals surface area contributed by atoms with Crippen LogP contribution in [0.1, 0.15) is 5.56 Å². The zero-order chi connectivity index (χ0) is 13.9. The summed E-state index contributed by atoms with van der Waals surface area (Å²) in [5.41, 5.74) is 1.88. The molecule has 5 nitrogen and oxygen atoms in total. The molecule has 20 heavy (non-hydrogen) atoms. The third-order valence-corrected chi connectivity index (χ3v) is 3.13. The van der Waals surface area contributed by atoms with E-state index in [-0.39, 0.29) is 0 Å². The van der Waals surface area contributed by atoms with Crippen LogP contribution in [0.5, 0.6) is 5.75 Å². The standard InChI is InChI=1S/C14H13ClN4O/c1-20-12-5-2-10(3-6-12)8-16-14-17-13-7-4-11(15)9-19(13)18-14/h2-7,9H,8H2,1H3,(H,16,18). The van der Waals surface area contributed by atoms with E-state index < -0.39 is 0 Å². The molecule has 0 aliphatic carbocycles. The van der Waals surface area contributed by atoms with Gasteiger partial charge in [-0.1, -0.05) is 23.7 Å². The van der Waals surface area contributed by atoms with E-state index in [0.717, 1.165) is 17.0 Å². The van der Waals surface area contributed by atoms with Crippen LogP contribution in [0, 0.1) is 0 Å². The Hall–Kier alpha value is -2.27. The normalized spacial score (nSPS) is 10.7. The van der Waals surface area contributed by atoms with Gasteiger partial charge in [-0.05, 0) is 29.8 Å². The molecule has 2 heterocycles. The molecule has 0 atom stereocenters. The largest absolute Gasteiger partial charge is 0.497 e. The van der Waals surface area contributed by atoms with Crippen LogP contribution >= 0.6 is 11.6 Å². The molecule has 2 aromatic heterocycles. The molecular weight excluding hydrogens is 276 g/mol. The first-order valence-corrected chi connectivity index (χ1v) is 6.51. The number of anilines is 1. The van der Waals surface area contributed by atoms with Crippen LogP contribution in [0.4, 0.5) is 5.95 Å². The van der Waals surface area contributed by atoms with Gasteiger partial charge in [0.05, 0.1) is 12.1 Å². The first-order chi connectivity index (χ1) is 9.74. The first-order valence-electron chi connectivity index (χ1n) is 6.13. The van der Waals surface area contributed by atoms with Gasteiger partial charge in [0.15, 0.2) is 5.65 Å². The van der Waals surface area contributed by atoms with Crippen molar-refractivity contribution in [2.24, 2.45) is 0 Å². The summed E-state index contributed by atoms with van der Waals surface area (Å²) in [6, 6.07) is 11.5. The van der Waals surface area contributed by atoms with Crippen molar-refractivity contribution in [2.45, 2.75) is 6.54 Å². The number of halogens is 1. The van der Waals surface area contributed by atoms with E-state index in [1.165, 1.54) is 0 Å². The van der Waals surface area contributed by atoms with E-state index in [0.29, 0.717) is 17.5 Å². The minimum absolute atomic E-state index is 0.572. The van der Waals surface area contributed by atoms with Gasteiger partial charge < -0.3 is 10.1 Å². The Morgan fingerprint density at radius 2 is 2.00 bits per heavy atom. The highest BCUT2D eigenvalue weighted by atomic mass is 35.5. The van der Waals surface area contributed by atoms with E-state index in [9.17, 15) is 0 Å². The molecular formula is C14H13ClN4O. The molecule has 0 saturated heterocycles. The van der Waals surface area contributed by atoms with Crippen LogP contribution in [-0.2, 0) is 6.54 Å². The Kier molecular flexibility index (Phi) is 3.43.